The van der Waals surface area contributed by atoms with Crippen molar-refractivity contribution in [3.63, 3.8) is 0 Å². The van der Waals surface area contributed by atoms with E-state index in [0.29, 0.717) is 24.2 Å². The molecule has 1 amide bonds. The minimum Gasteiger partial charge on any atom is -0.490 e. The fourth-order valence-corrected chi connectivity index (χ4v) is 2.33. The van der Waals surface area contributed by atoms with Crippen LogP contribution in [0.4, 0.5) is 14.5 Å². The van der Waals surface area contributed by atoms with Gasteiger partial charge >= 0.3 is 0 Å². The van der Waals surface area contributed by atoms with E-state index >= 15 is 0 Å². The van der Waals surface area contributed by atoms with Gasteiger partial charge in [0.2, 0.25) is 0 Å². The van der Waals surface area contributed by atoms with Gasteiger partial charge in [-0.15, -0.1) is 0 Å². The first-order valence-electron chi connectivity index (χ1n) is 6.80. The molecule has 122 valence electrons. The fourth-order valence-electron chi connectivity index (χ4n) is 1.82. The Morgan fingerprint density at radius 2 is 1.83 bits per heavy atom. The number of benzene rings is 2. The Morgan fingerprint density at radius 1 is 1.17 bits per heavy atom. The molecule has 1 N–H and O–H groups in total. The predicted octanol–water partition coefficient (Wildman–Crippen LogP) is 4.14. The summed E-state index contributed by atoms with van der Waals surface area (Å²) in [4.78, 5) is 11.9. The van der Waals surface area contributed by atoms with E-state index in [1.807, 2.05) is 6.92 Å². The quantitative estimate of drug-likeness (QED) is 0.812. The monoisotopic (exact) mass is 385 g/mol. The average molecular weight is 386 g/mol. The zero-order valence-electron chi connectivity index (χ0n) is 12.2. The maximum absolute atomic E-state index is 13.7. The number of halogens is 3. The van der Waals surface area contributed by atoms with E-state index in [1.165, 1.54) is 0 Å². The highest BCUT2D eigenvalue weighted by Crippen LogP contribution is 2.28. The van der Waals surface area contributed by atoms with Crippen LogP contribution in [0.25, 0.3) is 0 Å². The van der Waals surface area contributed by atoms with E-state index in [4.69, 9.17) is 9.47 Å². The minimum absolute atomic E-state index is 0.109. The van der Waals surface area contributed by atoms with E-state index in [9.17, 15) is 13.6 Å². The van der Waals surface area contributed by atoms with Gasteiger partial charge in [-0.05, 0) is 41.1 Å². The van der Waals surface area contributed by atoms with Crippen LogP contribution in [0.1, 0.15) is 6.92 Å². The molecule has 2 aromatic rings. The van der Waals surface area contributed by atoms with Crippen LogP contribution in [0, 0.1) is 11.6 Å². The van der Waals surface area contributed by atoms with Crippen LogP contribution in [-0.4, -0.2) is 19.1 Å². The maximum atomic E-state index is 13.7. The van der Waals surface area contributed by atoms with E-state index < -0.39 is 17.5 Å². The molecule has 7 heteroatoms. The minimum atomic E-state index is -0.875. The number of para-hydroxylation sites is 2. The molecule has 0 aliphatic carbocycles. The van der Waals surface area contributed by atoms with Crippen molar-refractivity contribution in [3.8, 4) is 11.5 Å². The van der Waals surface area contributed by atoms with E-state index in [2.05, 4.69) is 21.2 Å². The molecule has 0 aliphatic heterocycles. The molecule has 0 aliphatic rings. The highest BCUT2D eigenvalue weighted by Gasteiger charge is 2.14. The van der Waals surface area contributed by atoms with Crippen molar-refractivity contribution in [2.75, 3.05) is 18.5 Å². The molecule has 0 spiro atoms. The highest BCUT2D eigenvalue weighted by atomic mass is 79.9. The third-order valence-corrected chi connectivity index (χ3v) is 3.40. The Kier molecular flexibility index (Phi) is 5.92. The van der Waals surface area contributed by atoms with Gasteiger partial charge in [0.05, 0.1) is 12.3 Å². The number of carbonyl (C=O) groups is 1. The third kappa shape index (κ3) is 4.66. The van der Waals surface area contributed by atoms with Gasteiger partial charge in [-0.2, -0.15) is 0 Å². The summed E-state index contributed by atoms with van der Waals surface area (Å²) >= 11 is 3.00. The second-order valence-electron chi connectivity index (χ2n) is 4.46. The Labute approximate surface area is 140 Å². The van der Waals surface area contributed by atoms with Crippen LogP contribution in [0.15, 0.2) is 40.9 Å². The van der Waals surface area contributed by atoms with Crippen LogP contribution in [-0.2, 0) is 4.79 Å². The van der Waals surface area contributed by atoms with E-state index in [1.54, 1.807) is 24.3 Å². The molecule has 0 unspecified atom stereocenters. The molecular formula is C16H14BrF2NO3. The summed E-state index contributed by atoms with van der Waals surface area (Å²) in [6, 6.07) is 8.64. The molecular weight excluding hydrogens is 372 g/mol. The van der Waals surface area contributed by atoms with Crippen molar-refractivity contribution < 1.29 is 23.0 Å². The van der Waals surface area contributed by atoms with Gasteiger partial charge in [0.1, 0.15) is 5.82 Å². The number of rotatable bonds is 6. The predicted molar refractivity (Wildman–Crippen MR) is 85.8 cm³/mol. The molecule has 0 atom stereocenters. The van der Waals surface area contributed by atoms with Crippen LogP contribution in [0.3, 0.4) is 0 Å². The SMILES string of the molecule is CCOc1ccccc1OCC(=O)Nc1c(F)cc(F)cc1Br. The molecule has 23 heavy (non-hydrogen) atoms. The number of hydrogen-bond acceptors (Lipinski definition) is 3. The summed E-state index contributed by atoms with van der Waals surface area (Å²) in [5, 5.41) is 2.33. The smallest absolute Gasteiger partial charge is 0.262 e. The summed E-state index contributed by atoms with van der Waals surface area (Å²) in [5.41, 5.74) is -0.141. The van der Waals surface area contributed by atoms with Gasteiger partial charge in [0, 0.05) is 10.5 Å². The van der Waals surface area contributed by atoms with Gasteiger partial charge in [0.15, 0.2) is 23.9 Å². The lowest BCUT2D eigenvalue weighted by atomic mass is 10.3. The first-order valence-corrected chi connectivity index (χ1v) is 7.59. The second kappa shape index (κ2) is 7.92. The van der Waals surface area contributed by atoms with Crippen LogP contribution >= 0.6 is 15.9 Å². The van der Waals surface area contributed by atoms with Crippen LogP contribution in [0.5, 0.6) is 11.5 Å². The van der Waals surface area contributed by atoms with Gasteiger partial charge in [-0.1, -0.05) is 12.1 Å². The second-order valence-corrected chi connectivity index (χ2v) is 5.32. The first kappa shape index (κ1) is 17.2. The third-order valence-electron chi connectivity index (χ3n) is 2.78. The van der Waals surface area contributed by atoms with Crippen LogP contribution < -0.4 is 14.8 Å². The summed E-state index contributed by atoms with van der Waals surface area (Å²) in [5.74, 6) is -1.28. The average Bonchev–Trinajstić information content (AvgIpc) is 2.50. The van der Waals surface area contributed by atoms with Crippen molar-refractivity contribution >= 4 is 27.5 Å². The zero-order chi connectivity index (χ0) is 16.8. The first-order chi connectivity index (χ1) is 11.0. The van der Waals surface area contributed by atoms with Crippen molar-refractivity contribution in [1.82, 2.24) is 0 Å². The maximum Gasteiger partial charge on any atom is 0.262 e. The Hall–Kier alpha value is -2.15. The molecule has 0 bridgehead atoms. The molecule has 0 saturated heterocycles. The summed E-state index contributed by atoms with van der Waals surface area (Å²) < 4.78 is 37.5. The van der Waals surface area contributed by atoms with E-state index in [-0.39, 0.29) is 16.8 Å². The number of nitrogens with one attached hydrogen (secondary N) is 1. The molecule has 4 nitrogen and oxygen atoms in total. The van der Waals surface area contributed by atoms with Crippen molar-refractivity contribution in [2.24, 2.45) is 0 Å². The number of carbonyl (C=O) groups excluding carboxylic acids is 1. The van der Waals surface area contributed by atoms with Gasteiger partial charge in [-0.25, -0.2) is 8.78 Å². The van der Waals surface area contributed by atoms with Gasteiger partial charge in [0.25, 0.3) is 5.91 Å². The number of amides is 1. The van der Waals surface area contributed by atoms with Gasteiger partial charge in [-0.3, -0.25) is 4.79 Å². The lowest BCUT2D eigenvalue weighted by Gasteiger charge is -2.12. The zero-order valence-corrected chi connectivity index (χ0v) is 13.8. The van der Waals surface area contributed by atoms with Crippen molar-refractivity contribution in [1.29, 1.82) is 0 Å². The van der Waals surface area contributed by atoms with Gasteiger partial charge < -0.3 is 14.8 Å². The number of anilines is 1. The number of hydrogen-bond donors (Lipinski definition) is 1. The van der Waals surface area contributed by atoms with Crippen LogP contribution in [0.2, 0.25) is 0 Å². The standard InChI is InChI=1S/C16H14BrF2NO3/c1-2-22-13-5-3-4-6-14(13)23-9-15(21)20-16-11(17)7-10(18)8-12(16)19/h3-8H,2,9H2,1H3,(H,20,21). The molecule has 0 radical (unpaired) electrons. The fraction of sp³-hybridized carbons (Fsp3) is 0.188. The molecule has 0 aromatic heterocycles. The molecule has 0 heterocycles. The molecule has 2 aromatic carbocycles. The molecule has 0 fully saturated rings. The highest BCUT2D eigenvalue weighted by molar-refractivity contribution is 9.10. The summed E-state index contributed by atoms with van der Waals surface area (Å²) in [6.45, 7) is 1.95. The normalized spacial score (nSPS) is 10.3. The Balaban J connectivity index is 2.01. The Morgan fingerprint density at radius 3 is 2.43 bits per heavy atom. The Bertz CT molecular complexity index is 686. The molecule has 0 saturated carbocycles. The summed E-state index contributed by atoms with van der Waals surface area (Å²) in [7, 11) is 0. The molecule has 2 rings (SSSR count). The topological polar surface area (TPSA) is 47.6 Å². The largest absolute Gasteiger partial charge is 0.490 e. The van der Waals surface area contributed by atoms with Crippen molar-refractivity contribution in [2.45, 2.75) is 6.92 Å². The lowest BCUT2D eigenvalue weighted by Crippen LogP contribution is -2.21. The lowest BCUT2D eigenvalue weighted by molar-refractivity contribution is -0.118. The summed E-state index contributed by atoms with van der Waals surface area (Å²) in [6.07, 6.45) is 0. The van der Waals surface area contributed by atoms with Crippen molar-refractivity contribution in [3.05, 3.63) is 52.5 Å². The number of ether oxygens (including phenoxy) is 2. The van der Waals surface area contributed by atoms with E-state index in [0.717, 1.165) is 6.07 Å².